The smallest absolute Gasteiger partial charge is 0.262 e. The number of fused-ring (bicyclic) bond motifs is 1. The highest BCUT2D eigenvalue weighted by atomic mass is 32.1. The van der Waals surface area contributed by atoms with Crippen molar-refractivity contribution in [2.24, 2.45) is 0 Å². The van der Waals surface area contributed by atoms with Crippen LogP contribution in [0.25, 0.3) is 10.2 Å². The molecule has 0 aliphatic heterocycles. The summed E-state index contributed by atoms with van der Waals surface area (Å²) in [6, 6.07) is 1.83. The van der Waals surface area contributed by atoms with Gasteiger partial charge in [-0.2, -0.15) is 0 Å². The number of hydrogen-bond donors (Lipinski definition) is 1. The van der Waals surface area contributed by atoms with E-state index in [4.69, 9.17) is 0 Å². The van der Waals surface area contributed by atoms with Crippen LogP contribution in [-0.4, -0.2) is 22.6 Å². The maximum atomic E-state index is 11.9. The fraction of sp³-hybridized carbons (Fsp3) is 0.400. The van der Waals surface area contributed by atoms with Gasteiger partial charge in [-0.05, 0) is 18.0 Å². The van der Waals surface area contributed by atoms with Crippen molar-refractivity contribution in [1.29, 1.82) is 0 Å². The summed E-state index contributed by atoms with van der Waals surface area (Å²) in [6.07, 6.45) is 1.62. The van der Waals surface area contributed by atoms with E-state index in [-0.39, 0.29) is 5.56 Å². The number of rotatable bonds is 4. The third-order valence-electron chi connectivity index (χ3n) is 2.23. The molecule has 5 heteroatoms. The third-order valence-corrected chi connectivity index (χ3v) is 3.05. The van der Waals surface area contributed by atoms with Crippen LogP contribution in [0.15, 0.2) is 22.6 Å². The molecule has 4 nitrogen and oxygen atoms in total. The zero-order chi connectivity index (χ0) is 10.7. The van der Waals surface area contributed by atoms with E-state index >= 15 is 0 Å². The number of hydrogen-bond acceptors (Lipinski definition) is 4. The monoisotopic (exact) mass is 223 g/mol. The fourth-order valence-corrected chi connectivity index (χ4v) is 2.15. The van der Waals surface area contributed by atoms with Gasteiger partial charge >= 0.3 is 0 Å². The van der Waals surface area contributed by atoms with Crippen LogP contribution in [0, 0.1) is 0 Å². The number of thiophene rings is 1. The Morgan fingerprint density at radius 2 is 2.47 bits per heavy atom. The fourth-order valence-electron chi connectivity index (χ4n) is 1.43. The number of nitrogens with zero attached hydrogens (tertiary/aromatic N) is 2. The predicted octanol–water partition coefficient (Wildman–Crippen LogP) is 1.07. The second kappa shape index (κ2) is 4.55. The van der Waals surface area contributed by atoms with Gasteiger partial charge in [-0.15, -0.1) is 11.3 Å². The van der Waals surface area contributed by atoms with E-state index in [1.807, 2.05) is 18.4 Å². The van der Waals surface area contributed by atoms with Crippen molar-refractivity contribution in [2.45, 2.75) is 13.5 Å². The molecule has 0 fully saturated rings. The van der Waals surface area contributed by atoms with Crippen molar-refractivity contribution < 1.29 is 0 Å². The van der Waals surface area contributed by atoms with Crippen LogP contribution in [0.1, 0.15) is 6.92 Å². The molecule has 0 aromatic carbocycles. The zero-order valence-corrected chi connectivity index (χ0v) is 9.38. The molecule has 2 aromatic heterocycles. The molecule has 0 aliphatic rings. The van der Waals surface area contributed by atoms with Gasteiger partial charge < -0.3 is 5.32 Å². The van der Waals surface area contributed by atoms with Crippen LogP contribution in [-0.2, 0) is 6.54 Å². The minimum atomic E-state index is 0.0548. The Morgan fingerprint density at radius 1 is 1.60 bits per heavy atom. The Balaban J connectivity index is 2.28. The molecule has 0 amide bonds. The van der Waals surface area contributed by atoms with Gasteiger partial charge in [0.25, 0.3) is 5.56 Å². The summed E-state index contributed by atoms with van der Waals surface area (Å²) in [4.78, 5) is 16.9. The second-order valence-corrected chi connectivity index (χ2v) is 4.13. The van der Waals surface area contributed by atoms with E-state index in [1.54, 1.807) is 10.9 Å². The van der Waals surface area contributed by atoms with Crippen molar-refractivity contribution in [3.63, 3.8) is 0 Å². The van der Waals surface area contributed by atoms with E-state index in [1.165, 1.54) is 11.3 Å². The molecular weight excluding hydrogens is 210 g/mol. The average Bonchev–Trinajstić information content (AvgIpc) is 2.70. The van der Waals surface area contributed by atoms with Gasteiger partial charge in [0.15, 0.2) is 0 Å². The molecule has 0 atom stereocenters. The molecule has 0 spiro atoms. The highest BCUT2D eigenvalue weighted by molar-refractivity contribution is 7.16. The number of aromatic nitrogens is 2. The van der Waals surface area contributed by atoms with Gasteiger partial charge in [0.2, 0.25) is 0 Å². The lowest BCUT2D eigenvalue weighted by atomic mass is 10.4. The summed E-state index contributed by atoms with van der Waals surface area (Å²) >= 11 is 1.50. The topological polar surface area (TPSA) is 46.9 Å². The molecule has 0 saturated carbocycles. The molecule has 0 unspecified atom stereocenters. The Hall–Kier alpha value is -1.20. The predicted molar refractivity (Wildman–Crippen MR) is 62.4 cm³/mol. The van der Waals surface area contributed by atoms with Gasteiger partial charge in [-0.3, -0.25) is 9.36 Å². The lowest BCUT2D eigenvalue weighted by Gasteiger charge is -2.04. The van der Waals surface area contributed by atoms with Gasteiger partial charge in [-0.1, -0.05) is 6.92 Å². The van der Waals surface area contributed by atoms with Crippen molar-refractivity contribution in [1.82, 2.24) is 14.9 Å². The lowest BCUT2D eigenvalue weighted by Crippen LogP contribution is -2.26. The first-order chi connectivity index (χ1) is 7.33. The highest BCUT2D eigenvalue weighted by Crippen LogP contribution is 2.12. The minimum absolute atomic E-state index is 0.0548. The molecule has 1 N–H and O–H groups in total. The van der Waals surface area contributed by atoms with Crippen molar-refractivity contribution in [2.75, 3.05) is 13.1 Å². The average molecular weight is 223 g/mol. The van der Waals surface area contributed by atoms with Crippen LogP contribution in [0.5, 0.6) is 0 Å². The Kier molecular flexibility index (Phi) is 3.13. The summed E-state index contributed by atoms with van der Waals surface area (Å²) in [6.45, 7) is 4.44. The molecule has 0 radical (unpaired) electrons. The van der Waals surface area contributed by atoms with Crippen LogP contribution >= 0.6 is 11.3 Å². The summed E-state index contributed by atoms with van der Waals surface area (Å²) in [5, 5.41) is 5.80. The normalized spacial score (nSPS) is 11.0. The summed E-state index contributed by atoms with van der Waals surface area (Å²) in [5.41, 5.74) is 0.0548. The molecule has 80 valence electrons. The van der Waals surface area contributed by atoms with E-state index in [0.717, 1.165) is 23.3 Å². The van der Waals surface area contributed by atoms with Crippen LogP contribution in [0.2, 0.25) is 0 Å². The molecule has 0 aliphatic carbocycles. The van der Waals surface area contributed by atoms with Crippen molar-refractivity contribution in [3.05, 3.63) is 28.1 Å². The SMILES string of the molecule is CCNCCn1cnc2sccc2c1=O. The van der Waals surface area contributed by atoms with Crippen LogP contribution in [0.4, 0.5) is 0 Å². The van der Waals surface area contributed by atoms with Gasteiger partial charge in [0.05, 0.1) is 11.7 Å². The zero-order valence-electron chi connectivity index (χ0n) is 8.56. The van der Waals surface area contributed by atoms with Crippen LogP contribution in [0.3, 0.4) is 0 Å². The lowest BCUT2D eigenvalue weighted by molar-refractivity contribution is 0.596. The van der Waals surface area contributed by atoms with Crippen molar-refractivity contribution in [3.8, 4) is 0 Å². The highest BCUT2D eigenvalue weighted by Gasteiger charge is 2.03. The Bertz CT molecular complexity index is 503. The second-order valence-electron chi connectivity index (χ2n) is 3.24. The van der Waals surface area contributed by atoms with Gasteiger partial charge in [0.1, 0.15) is 4.83 Å². The molecular formula is C10H13N3OS. The summed E-state index contributed by atoms with van der Waals surface area (Å²) < 4.78 is 1.65. The molecule has 2 heterocycles. The first-order valence-corrected chi connectivity index (χ1v) is 5.84. The number of nitrogens with one attached hydrogen (secondary N) is 1. The van der Waals surface area contributed by atoms with E-state index in [2.05, 4.69) is 10.3 Å². The van der Waals surface area contributed by atoms with Gasteiger partial charge in [0, 0.05) is 13.1 Å². The quantitative estimate of drug-likeness (QED) is 0.789. The Labute approximate surface area is 91.6 Å². The molecule has 2 aromatic rings. The summed E-state index contributed by atoms with van der Waals surface area (Å²) in [5.74, 6) is 0. The third kappa shape index (κ3) is 2.08. The van der Waals surface area contributed by atoms with Gasteiger partial charge in [-0.25, -0.2) is 4.98 Å². The van der Waals surface area contributed by atoms with E-state index < -0.39 is 0 Å². The number of likely N-dealkylation sites (N-methyl/N-ethyl adjacent to an activating group) is 1. The molecule has 2 rings (SSSR count). The molecule has 0 bridgehead atoms. The first kappa shape index (κ1) is 10.3. The molecule has 0 saturated heterocycles. The van der Waals surface area contributed by atoms with Crippen molar-refractivity contribution >= 4 is 21.6 Å². The van der Waals surface area contributed by atoms with E-state index in [9.17, 15) is 4.79 Å². The van der Waals surface area contributed by atoms with Crippen LogP contribution < -0.4 is 10.9 Å². The maximum absolute atomic E-state index is 11.9. The summed E-state index contributed by atoms with van der Waals surface area (Å²) in [7, 11) is 0. The Morgan fingerprint density at radius 3 is 3.27 bits per heavy atom. The standard InChI is InChI=1S/C10H13N3OS/c1-2-11-4-5-13-7-12-9-8(10(13)14)3-6-15-9/h3,6-7,11H,2,4-5H2,1H3. The minimum Gasteiger partial charge on any atom is -0.315 e. The maximum Gasteiger partial charge on any atom is 0.262 e. The molecule has 15 heavy (non-hydrogen) atoms. The van der Waals surface area contributed by atoms with E-state index in [0.29, 0.717) is 6.54 Å². The largest absolute Gasteiger partial charge is 0.315 e. The first-order valence-electron chi connectivity index (χ1n) is 4.96.